The summed E-state index contributed by atoms with van der Waals surface area (Å²) in [5.41, 5.74) is 4.95. The van der Waals surface area contributed by atoms with Gasteiger partial charge in [-0.25, -0.2) is 0 Å². The van der Waals surface area contributed by atoms with Crippen LogP contribution in [0.4, 0.5) is 0 Å². The Kier molecular flexibility index (Phi) is 6.40. The van der Waals surface area contributed by atoms with Gasteiger partial charge < -0.3 is 10.4 Å². The van der Waals surface area contributed by atoms with Crippen molar-refractivity contribution in [3.8, 4) is 5.75 Å². The molecule has 0 unspecified atom stereocenters. The van der Waals surface area contributed by atoms with Gasteiger partial charge in [-0.2, -0.15) is 0 Å². The lowest BCUT2D eigenvalue weighted by atomic mass is 9.95. The Morgan fingerprint density at radius 1 is 1.11 bits per heavy atom. The molecule has 1 aliphatic rings. The molecule has 2 aromatic carbocycles. The molecule has 4 heteroatoms. The van der Waals surface area contributed by atoms with Crippen molar-refractivity contribution in [2.75, 3.05) is 13.1 Å². The maximum atomic E-state index is 12.5. The summed E-state index contributed by atoms with van der Waals surface area (Å²) in [6.07, 6.45) is 1.86. The molecule has 1 saturated heterocycles. The zero-order valence-corrected chi connectivity index (χ0v) is 17.5. The van der Waals surface area contributed by atoms with Crippen LogP contribution in [-0.4, -0.2) is 35.0 Å². The van der Waals surface area contributed by atoms with Crippen LogP contribution in [0.15, 0.2) is 36.4 Å². The predicted octanol–water partition coefficient (Wildman–Crippen LogP) is 4.53. The normalized spacial score (nSPS) is 15.8. The Balaban J connectivity index is 1.59. The van der Waals surface area contributed by atoms with Crippen LogP contribution in [0.25, 0.3) is 0 Å². The van der Waals surface area contributed by atoms with Gasteiger partial charge in [-0.15, -0.1) is 0 Å². The fourth-order valence-corrected chi connectivity index (χ4v) is 3.97. The predicted molar refractivity (Wildman–Crippen MR) is 114 cm³/mol. The Morgan fingerprint density at radius 2 is 1.79 bits per heavy atom. The molecule has 3 rings (SSSR count). The third-order valence-electron chi connectivity index (χ3n) is 5.86. The summed E-state index contributed by atoms with van der Waals surface area (Å²) < 4.78 is 0. The van der Waals surface area contributed by atoms with Crippen LogP contribution < -0.4 is 5.32 Å². The third kappa shape index (κ3) is 4.56. The third-order valence-corrected chi connectivity index (χ3v) is 5.86. The van der Waals surface area contributed by atoms with E-state index in [0.717, 1.165) is 60.3 Å². The molecule has 0 atom stereocenters. The molecule has 2 aromatic rings. The van der Waals surface area contributed by atoms with Crippen molar-refractivity contribution in [2.24, 2.45) is 0 Å². The molecule has 1 fully saturated rings. The van der Waals surface area contributed by atoms with E-state index in [1.807, 2.05) is 37.3 Å². The Labute approximate surface area is 168 Å². The summed E-state index contributed by atoms with van der Waals surface area (Å²) in [7, 11) is 0. The van der Waals surface area contributed by atoms with E-state index in [1.54, 1.807) is 0 Å². The molecular formula is C24H32N2O2. The minimum atomic E-state index is 0.0228. The summed E-state index contributed by atoms with van der Waals surface area (Å²) in [4.78, 5) is 14.9. The molecule has 0 aliphatic carbocycles. The van der Waals surface area contributed by atoms with Crippen LogP contribution >= 0.6 is 0 Å². The number of benzene rings is 2. The quantitative estimate of drug-likeness (QED) is 0.801. The topological polar surface area (TPSA) is 52.6 Å². The van der Waals surface area contributed by atoms with Gasteiger partial charge in [0.15, 0.2) is 0 Å². The second-order valence-corrected chi connectivity index (χ2v) is 8.29. The molecule has 4 nitrogen and oxygen atoms in total. The molecule has 1 amide bonds. The van der Waals surface area contributed by atoms with Crippen molar-refractivity contribution in [1.82, 2.24) is 10.2 Å². The summed E-state index contributed by atoms with van der Waals surface area (Å²) in [5, 5.41) is 13.9. The van der Waals surface area contributed by atoms with Crippen LogP contribution in [0, 0.1) is 13.8 Å². The van der Waals surface area contributed by atoms with Gasteiger partial charge in [0.1, 0.15) is 5.75 Å². The Bertz CT molecular complexity index is 836. The number of phenols is 1. The maximum Gasteiger partial charge on any atom is 0.251 e. The lowest BCUT2D eigenvalue weighted by Crippen LogP contribution is -2.44. The molecule has 0 spiro atoms. The molecule has 0 saturated carbocycles. The average molecular weight is 381 g/mol. The van der Waals surface area contributed by atoms with Crippen molar-refractivity contribution in [3.63, 3.8) is 0 Å². The van der Waals surface area contributed by atoms with Gasteiger partial charge in [0.25, 0.3) is 5.91 Å². The van der Waals surface area contributed by atoms with Gasteiger partial charge in [-0.05, 0) is 55.4 Å². The van der Waals surface area contributed by atoms with Crippen molar-refractivity contribution in [3.05, 3.63) is 64.2 Å². The number of nitrogens with one attached hydrogen (secondary N) is 1. The van der Waals surface area contributed by atoms with Crippen LogP contribution in [0.5, 0.6) is 5.75 Å². The highest BCUT2D eigenvalue weighted by atomic mass is 16.3. The zero-order chi connectivity index (χ0) is 20.3. The van der Waals surface area contributed by atoms with Gasteiger partial charge in [-0.3, -0.25) is 9.69 Å². The van der Waals surface area contributed by atoms with Crippen LogP contribution in [-0.2, 0) is 6.54 Å². The van der Waals surface area contributed by atoms with Gasteiger partial charge in [0.05, 0.1) is 0 Å². The standard InChI is InChI=1S/C24H32N2O2/c1-16(2)20-10-9-18(4)22(23(20)27)15-26-13-11-19(12-14-26)25-24(28)21-8-6-5-7-17(21)3/h5-10,16,19,27H,11-15H2,1-4H3,(H,25,28). The number of piperidine rings is 1. The van der Waals surface area contributed by atoms with Gasteiger partial charge >= 0.3 is 0 Å². The Hall–Kier alpha value is -2.33. The summed E-state index contributed by atoms with van der Waals surface area (Å²) >= 11 is 0. The number of phenolic OH excluding ortho intramolecular Hbond substituents is 1. The molecule has 0 aromatic heterocycles. The largest absolute Gasteiger partial charge is 0.507 e. The van der Waals surface area contributed by atoms with Crippen molar-refractivity contribution in [2.45, 2.75) is 59.0 Å². The number of carbonyl (C=O) groups excluding carboxylic acids is 1. The van der Waals surface area contributed by atoms with E-state index in [2.05, 4.69) is 37.1 Å². The highest BCUT2D eigenvalue weighted by Gasteiger charge is 2.23. The summed E-state index contributed by atoms with van der Waals surface area (Å²) in [5.74, 6) is 0.779. The first-order valence-corrected chi connectivity index (χ1v) is 10.3. The highest BCUT2D eigenvalue weighted by Crippen LogP contribution is 2.32. The number of aryl methyl sites for hydroxylation is 2. The fourth-order valence-electron chi connectivity index (χ4n) is 3.97. The molecule has 2 N–H and O–H groups in total. The van der Waals surface area contributed by atoms with E-state index in [9.17, 15) is 9.90 Å². The lowest BCUT2D eigenvalue weighted by Gasteiger charge is -2.33. The van der Waals surface area contributed by atoms with E-state index >= 15 is 0 Å². The molecule has 0 bridgehead atoms. The van der Waals surface area contributed by atoms with E-state index in [1.165, 1.54) is 0 Å². The van der Waals surface area contributed by atoms with Gasteiger partial charge in [-0.1, -0.05) is 44.2 Å². The van der Waals surface area contributed by atoms with Gasteiger partial charge in [0, 0.05) is 36.8 Å². The van der Waals surface area contributed by atoms with E-state index in [4.69, 9.17) is 0 Å². The number of rotatable bonds is 5. The maximum absolute atomic E-state index is 12.5. The SMILES string of the molecule is Cc1ccccc1C(=O)NC1CCN(Cc2c(C)ccc(C(C)C)c2O)CC1. The monoisotopic (exact) mass is 380 g/mol. The zero-order valence-electron chi connectivity index (χ0n) is 17.5. The molecule has 0 radical (unpaired) electrons. The smallest absolute Gasteiger partial charge is 0.251 e. The second kappa shape index (κ2) is 8.78. The molecule has 28 heavy (non-hydrogen) atoms. The fraction of sp³-hybridized carbons (Fsp3) is 0.458. The minimum Gasteiger partial charge on any atom is -0.507 e. The number of hydrogen-bond donors (Lipinski definition) is 2. The number of likely N-dealkylation sites (tertiary alicyclic amines) is 1. The number of hydrogen-bond acceptors (Lipinski definition) is 3. The van der Waals surface area contributed by atoms with Crippen LogP contribution in [0.1, 0.15) is 65.2 Å². The molecule has 150 valence electrons. The minimum absolute atomic E-state index is 0.0228. The number of amides is 1. The van der Waals surface area contributed by atoms with Crippen LogP contribution in [0.3, 0.4) is 0 Å². The van der Waals surface area contributed by atoms with Gasteiger partial charge in [0.2, 0.25) is 0 Å². The van der Waals surface area contributed by atoms with Crippen LogP contribution in [0.2, 0.25) is 0 Å². The first-order valence-electron chi connectivity index (χ1n) is 10.3. The second-order valence-electron chi connectivity index (χ2n) is 8.29. The lowest BCUT2D eigenvalue weighted by molar-refractivity contribution is 0.0908. The summed E-state index contributed by atoms with van der Waals surface area (Å²) in [6, 6.07) is 12.1. The number of nitrogens with zero attached hydrogens (tertiary/aromatic N) is 1. The number of aromatic hydroxyl groups is 1. The first-order chi connectivity index (χ1) is 13.4. The van der Waals surface area contributed by atoms with Crippen molar-refractivity contribution in [1.29, 1.82) is 0 Å². The first kappa shape index (κ1) is 20.4. The van der Waals surface area contributed by atoms with Crippen molar-refractivity contribution >= 4 is 5.91 Å². The van der Waals surface area contributed by atoms with Crippen molar-refractivity contribution < 1.29 is 9.90 Å². The molecular weight excluding hydrogens is 348 g/mol. The van der Waals surface area contributed by atoms with E-state index < -0.39 is 0 Å². The molecule has 1 aliphatic heterocycles. The average Bonchev–Trinajstić information content (AvgIpc) is 2.66. The van der Waals surface area contributed by atoms with E-state index in [-0.39, 0.29) is 11.9 Å². The highest BCUT2D eigenvalue weighted by molar-refractivity contribution is 5.95. The van der Waals surface area contributed by atoms with E-state index in [0.29, 0.717) is 11.7 Å². The summed E-state index contributed by atoms with van der Waals surface area (Å²) in [6.45, 7) is 10.9. The number of carbonyl (C=O) groups is 1. The molecule has 1 heterocycles. The Morgan fingerprint density at radius 3 is 2.43 bits per heavy atom.